The number of nitrogens with one attached hydrogen (secondary N) is 1. The molecule has 2 heterocycles. The first kappa shape index (κ1) is 25.7. The van der Waals surface area contributed by atoms with E-state index in [9.17, 15) is 9.90 Å². The van der Waals surface area contributed by atoms with Crippen LogP contribution in [0.4, 0.5) is 11.5 Å². The number of aromatic nitrogens is 1. The standard InChI is InChI=1S/C28H36N4O4/c1-18-12-19(16-28(2,3)27(33)34)14-22(13-18)32-25-15-23(6-9-30-25)36-24(17-31-21-4-5-21)26(29)20-7-10-35-11-8-20/h6,9,12-15,17,20-21H,4-5,7-8,10-11,16,29H2,1-3H3,(H,30,32)(H,33,34)/b26-24+,31-17?. The van der Waals surface area contributed by atoms with Gasteiger partial charge in [0.15, 0.2) is 5.76 Å². The summed E-state index contributed by atoms with van der Waals surface area (Å²) in [5.41, 5.74) is 9.22. The molecule has 0 spiro atoms. The fourth-order valence-electron chi connectivity index (χ4n) is 4.21. The highest BCUT2D eigenvalue weighted by Gasteiger charge is 2.27. The van der Waals surface area contributed by atoms with Gasteiger partial charge in [-0.05, 0) is 82.2 Å². The van der Waals surface area contributed by atoms with E-state index in [0.717, 1.165) is 42.5 Å². The molecule has 0 unspecified atom stereocenters. The molecule has 1 aromatic carbocycles. The van der Waals surface area contributed by atoms with Crippen molar-refractivity contribution < 1.29 is 19.4 Å². The molecule has 0 radical (unpaired) electrons. The van der Waals surface area contributed by atoms with Crippen LogP contribution in [0.5, 0.6) is 5.75 Å². The maximum absolute atomic E-state index is 11.6. The molecule has 192 valence electrons. The number of hydrogen-bond donors (Lipinski definition) is 3. The molecular weight excluding hydrogens is 456 g/mol. The highest BCUT2D eigenvalue weighted by atomic mass is 16.5. The van der Waals surface area contributed by atoms with Gasteiger partial charge in [0.25, 0.3) is 0 Å². The Bertz CT molecular complexity index is 1150. The van der Waals surface area contributed by atoms with Crippen molar-refractivity contribution in [3.05, 3.63) is 59.1 Å². The lowest BCUT2D eigenvalue weighted by molar-refractivity contribution is -0.146. The van der Waals surface area contributed by atoms with Crippen molar-refractivity contribution in [2.24, 2.45) is 22.1 Å². The van der Waals surface area contributed by atoms with E-state index in [4.69, 9.17) is 15.2 Å². The van der Waals surface area contributed by atoms with Gasteiger partial charge in [-0.2, -0.15) is 0 Å². The first-order valence-corrected chi connectivity index (χ1v) is 12.5. The third-order valence-corrected chi connectivity index (χ3v) is 6.49. The number of nitrogens with two attached hydrogens (primary N) is 1. The predicted molar refractivity (Wildman–Crippen MR) is 141 cm³/mol. The molecule has 0 amide bonds. The highest BCUT2D eigenvalue weighted by Crippen LogP contribution is 2.29. The fourth-order valence-corrected chi connectivity index (χ4v) is 4.21. The number of anilines is 2. The Labute approximate surface area is 212 Å². The Morgan fingerprint density at radius 1 is 1.25 bits per heavy atom. The minimum atomic E-state index is -0.855. The average Bonchev–Trinajstić information content (AvgIpc) is 3.66. The Balaban J connectivity index is 1.52. The zero-order chi connectivity index (χ0) is 25.7. The van der Waals surface area contributed by atoms with Gasteiger partial charge in [0.2, 0.25) is 0 Å². The molecule has 2 fully saturated rings. The summed E-state index contributed by atoms with van der Waals surface area (Å²) in [4.78, 5) is 20.6. The number of carbonyl (C=O) groups is 1. The van der Waals surface area contributed by atoms with Gasteiger partial charge in [-0.1, -0.05) is 6.07 Å². The lowest BCUT2D eigenvalue weighted by atomic mass is 9.85. The largest absolute Gasteiger partial charge is 0.481 e. The van der Waals surface area contributed by atoms with Gasteiger partial charge >= 0.3 is 5.97 Å². The number of nitrogens with zero attached hydrogens (tertiary/aromatic N) is 2. The minimum absolute atomic E-state index is 0.208. The lowest BCUT2D eigenvalue weighted by Crippen LogP contribution is -2.26. The molecule has 2 aliphatic rings. The third kappa shape index (κ3) is 7.07. The molecule has 0 bridgehead atoms. The van der Waals surface area contributed by atoms with Crippen molar-refractivity contribution in [1.82, 2.24) is 4.98 Å². The molecular formula is C28H36N4O4. The van der Waals surface area contributed by atoms with E-state index in [2.05, 4.69) is 15.3 Å². The molecule has 1 aliphatic heterocycles. The SMILES string of the molecule is Cc1cc(CC(C)(C)C(=O)O)cc(Nc2cc(O/C(C=NC3CC3)=C(/N)C3CCOCC3)ccn2)c1. The molecule has 0 atom stereocenters. The van der Waals surface area contributed by atoms with E-state index < -0.39 is 11.4 Å². The second-order valence-corrected chi connectivity index (χ2v) is 10.4. The topological polar surface area (TPSA) is 119 Å². The molecule has 1 aliphatic carbocycles. The summed E-state index contributed by atoms with van der Waals surface area (Å²) in [5.74, 6) is 1.20. The molecule has 1 saturated heterocycles. The van der Waals surface area contributed by atoms with Crippen molar-refractivity contribution in [3.8, 4) is 5.75 Å². The smallest absolute Gasteiger partial charge is 0.309 e. The number of aryl methyl sites for hydroxylation is 1. The van der Waals surface area contributed by atoms with Crippen LogP contribution in [0.25, 0.3) is 0 Å². The summed E-state index contributed by atoms with van der Waals surface area (Å²) in [5, 5.41) is 12.8. The van der Waals surface area contributed by atoms with E-state index in [1.165, 1.54) is 0 Å². The van der Waals surface area contributed by atoms with Gasteiger partial charge < -0.3 is 25.6 Å². The van der Waals surface area contributed by atoms with Crippen LogP contribution >= 0.6 is 0 Å². The number of carboxylic acid groups (broad SMARTS) is 1. The Morgan fingerprint density at radius 2 is 2.00 bits per heavy atom. The molecule has 8 nitrogen and oxygen atoms in total. The van der Waals surface area contributed by atoms with E-state index >= 15 is 0 Å². The van der Waals surface area contributed by atoms with Gasteiger partial charge in [-0.15, -0.1) is 0 Å². The second-order valence-electron chi connectivity index (χ2n) is 10.4. The van der Waals surface area contributed by atoms with Gasteiger partial charge in [0.1, 0.15) is 11.6 Å². The summed E-state index contributed by atoms with van der Waals surface area (Å²) in [6.45, 7) is 6.85. The van der Waals surface area contributed by atoms with Crippen LogP contribution < -0.4 is 15.8 Å². The molecule has 1 saturated carbocycles. The van der Waals surface area contributed by atoms with Crippen LogP contribution in [-0.2, 0) is 16.0 Å². The molecule has 4 rings (SSSR count). The van der Waals surface area contributed by atoms with E-state index in [0.29, 0.717) is 48.7 Å². The quantitative estimate of drug-likeness (QED) is 0.315. The number of hydrogen-bond acceptors (Lipinski definition) is 7. The van der Waals surface area contributed by atoms with Crippen LogP contribution in [0.3, 0.4) is 0 Å². The molecule has 1 aromatic heterocycles. The highest BCUT2D eigenvalue weighted by molar-refractivity contribution is 5.78. The maximum Gasteiger partial charge on any atom is 0.309 e. The van der Waals surface area contributed by atoms with Crippen LogP contribution in [0.1, 0.15) is 50.7 Å². The van der Waals surface area contributed by atoms with Crippen molar-refractivity contribution in [2.45, 2.75) is 58.9 Å². The van der Waals surface area contributed by atoms with Crippen molar-refractivity contribution in [1.29, 1.82) is 0 Å². The number of allylic oxidation sites excluding steroid dienone is 2. The van der Waals surface area contributed by atoms with Gasteiger partial charge in [-0.3, -0.25) is 9.79 Å². The van der Waals surface area contributed by atoms with Gasteiger partial charge in [-0.25, -0.2) is 4.98 Å². The van der Waals surface area contributed by atoms with E-state index in [1.54, 1.807) is 32.3 Å². The van der Waals surface area contributed by atoms with Crippen molar-refractivity contribution in [3.63, 3.8) is 0 Å². The van der Waals surface area contributed by atoms with Crippen LogP contribution in [0.15, 0.2) is 53.0 Å². The zero-order valence-electron chi connectivity index (χ0n) is 21.3. The van der Waals surface area contributed by atoms with Gasteiger partial charge in [0, 0.05) is 37.1 Å². The van der Waals surface area contributed by atoms with Crippen molar-refractivity contribution >= 4 is 23.7 Å². The molecule has 4 N–H and O–H groups in total. The number of ether oxygens (including phenoxy) is 2. The molecule has 2 aromatic rings. The normalized spacial score (nSPS) is 17.6. The first-order chi connectivity index (χ1) is 17.2. The number of rotatable bonds is 10. The maximum atomic E-state index is 11.6. The Kier molecular flexibility index (Phi) is 7.94. The summed E-state index contributed by atoms with van der Waals surface area (Å²) in [6, 6.07) is 9.96. The summed E-state index contributed by atoms with van der Waals surface area (Å²) in [7, 11) is 0. The Hall–Kier alpha value is -3.39. The van der Waals surface area contributed by atoms with Crippen molar-refractivity contribution in [2.75, 3.05) is 18.5 Å². The second kappa shape index (κ2) is 11.1. The number of carboxylic acids is 1. The van der Waals surface area contributed by atoms with Crippen LogP contribution in [0, 0.1) is 18.3 Å². The number of aliphatic imine (C=N–C) groups is 1. The summed E-state index contributed by atoms with van der Waals surface area (Å²) >= 11 is 0. The summed E-state index contributed by atoms with van der Waals surface area (Å²) in [6.07, 6.45) is 7.82. The predicted octanol–water partition coefficient (Wildman–Crippen LogP) is 5.00. The minimum Gasteiger partial charge on any atom is -0.481 e. The number of pyridine rings is 1. The third-order valence-electron chi connectivity index (χ3n) is 6.49. The molecule has 8 heteroatoms. The lowest BCUT2D eigenvalue weighted by Gasteiger charge is -2.23. The first-order valence-electron chi connectivity index (χ1n) is 12.5. The average molecular weight is 493 g/mol. The zero-order valence-corrected chi connectivity index (χ0v) is 21.3. The monoisotopic (exact) mass is 492 g/mol. The van der Waals surface area contributed by atoms with E-state index in [-0.39, 0.29) is 5.92 Å². The molecule has 36 heavy (non-hydrogen) atoms. The van der Waals surface area contributed by atoms with Crippen LogP contribution in [-0.4, -0.2) is 41.5 Å². The fraction of sp³-hybridized carbons (Fsp3) is 0.464. The number of aliphatic carboxylic acids is 1. The number of benzene rings is 1. The van der Waals surface area contributed by atoms with E-state index in [1.807, 2.05) is 31.2 Å². The summed E-state index contributed by atoms with van der Waals surface area (Å²) < 4.78 is 11.7. The van der Waals surface area contributed by atoms with Gasteiger partial charge in [0.05, 0.1) is 23.4 Å². The Morgan fingerprint density at radius 3 is 2.69 bits per heavy atom. The van der Waals surface area contributed by atoms with Crippen LogP contribution in [0.2, 0.25) is 0 Å².